The summed E-state index contributed by atoms with van der Waals surface area (Å²) in [6.07, 6.45) is 2.14. The van der Waals surface area contributed by atoms with Gasteiger partial charge in [-0.1, -0.05) is 17.3 Å². The van der Waals surface area contributed by atoms with Gasteiger partial charge in [0, 0.05) is 22.1 Å². The van der Waals surface area contributed by atoms with Crippen LogP contribution in [0.4, 0.5) is 4.39 Å². The van der Waals surface area contributed by atoms with Crippen molar-refractivity contribution in [1.29, 1.82) is 0 Å². The molecule has 112 valence electrons. The van der Waals surface area contributed by atoms with Crippen LogP contribution in [0.15, 0.2) is 22.7 Å². The third kappa shape index (κ3) is 2.67. The normalized spacial score (nSPS) is 18.7. The second-order valence-corrected chi connectivity index (χ2v) is 7.21. The van der Waals surface area contributed by atoms with Crippen LogP contribution in [0.25, 0.3) is 0 Å². The summed E-state index contributed by atoms with van der Waals surface area (Å²) in [5, 5.41) is 3.87. The standard InChI is InChI=1S/C16H18FNO2S/c1-10-12(11(2)20-18-10)8-9-21(19)16-7-6-13-14(16)4-3-5-15(13)17/h3-5,16H,6-9H2,1-2H3/t16-,21-/m0/s1. The Kier molecular flexibility index (Phi) is 3.93. The number of aryl methyl sites for hydroxylation is 2. The number of hydrogen-bond acceptors (Lipinski definition) is 3. The van der Waals surface area contributed by atoms with E-state index in [0.717, 1.165) is 34.6 Å². The molecule has 0 amide bonds. The molecule has 5 heteroatoms. The lowest BCUT2D eigenvalue weighted by Crippen LogP contribution is -2.10. The van der Waals surface area contributed by atoms with Crippen molar-refractivity contribution in [2.75, 3.05) is 5.75 Å². The number of nitrogens with zero attached hydrogens (tertiary/aromatic N) is 1. The SMILES string of the molecule is Cc1noc(C)c1CC[S@](=O)[C@H]1CCc2c(F)cccc21. The van der Waals surface area contributed by atoms with Crippen molar-refractivity contribution in [2.45, 2.75) is 38.4 Å². The summed E-state index contributed by atoms with van der Waals surface area (Å²) in [7, 11) is -1.00. The molecule has 0 radical (unpaired) electrons. The number of halogens is 1. The highest BCUT2D eigenvalue weighted by Gasteiger charge is 2.29. The first-order chi connectivity index (χ1) is 10.1. The fraction of sp³-hybridized carbons (Fsp3) is 0.438. The average molecular weight is 307 g/mol. The summed E-state index contributed by atoms with van der Waals surface area (Å²) in [6, 6.07) is 5.09. The fourth-order valence-electron chi connectivity index (χ4n) is 3.05. The zero-order chi connectivity index (χ0) is 15.0. The average Bonchev–Trinajstić information content (AvgIpc) is 3.02. The van der Waals surface area contributed by atoms with Gasteiger partial charge in [0.25, 0.3) is 0 Å². The molecule has 1 aliphatic carbocycles. The second kappa shape index (κ2) is 5.72. The summed E-state index contributed by atoms with van der Waals surface area (Å²) < 4.78 is 31.4. The van der Waals surface area contributed by atoms with E-state index in [4.69, 9.17) is 4.52 Å². The van der Waals surface area contributed by atoms with E-state index < -0.39 is 10.8 Å². The fourth-order valence-corrected chi connectivity index (χ4v) is 4.62. The van der Waals surface area contributed by atoms with Crippen LogP contribution in [0.2, 0.25) is 0 Å². The summed E-state index contributed by atoms with van der Waals surface area (Å²) in [5.74, 6) is 1.18. The van der Waals surface area contributed by atoms with Crippen LogP contribution in [0.3, 0.4) is 0 Å². The van der Waals surface area contributed by atoms with Crippen LogP contribution in [0, 0.1) is 19.7 Å². The van der Waals surface area contributed by atoms with Gasteiger partial charge in [0.05, 0.1) is 10.9 Å². The first kappa shape index (κ1) is 14.4. The molecular weight excluding hydrogens is 289 g/mol. The molecule has 1 aromatic heterocycles. The number of hydrogen-bond donors (Lipinski definition) is 0. The molecule has 0 N–H and O–H groups in total. The first-order valence-electron chi connectivity index (χ1n) is 7.14. The van der Waals surface area contributed by atoms with Crippen LogP contribution in [-0.4, -0.2) is 15.1 Å². The van der Waals surface area contributed by atoms with E-state index in [1.807, 2.05) is 19.9 Å². The molecule has 1 aliphatic rings. The van der Waals surface area contributed by atoms with Gasteiger partial charge in [0.15, 0.2) is 0 Å². The molecule has 0 bridgehead atoms. The lowest BCUT2D eigenvalue weighted by molar-refractivity contribution is 0.392. The van der Waals surface area contributed by atoms with Crippen LogP contribution in [-0.2, 0) is 23.6 Å². The van der Waals surface area contributed by atoms with Crippen LogP contribution in [0.5, 0.6) is 0 Å². The predicted octanol–water partition coefficient (Wildman–Crippen LogP) is 3.41. The molecule has 3 rings (SSSR count). The molecule has 0 fully saturated rings. The van der Waals surface area contributed by atoms with Gasteiger partial charge >= 0.3 is 0 Å². The largest absolute Gasteiger partial charge is 0.361 e. The van der Waals surface area contributed by atoms with E-state index >= 15 is 0 Å². The van der Waals surface area contributed by atoms with E-state index in [-0.39, 0.29) is 11.1 Å². The van der Waals surface area contributed by atoms with Gasteiger partial charge in [-0.25, -0.2) is 4.39 Å². The van der Waals surface area contributed by atoms with Gasteiger partial charge in [-0.05, 0) is 50.3 Å². The van der Waals surface area contributed by atoms with Crippen LogP contribution in [0.1, 0.15) is 39.8 Å². The predicted molar refractivity (Wildman–Crippen MR) is 80.2 cm³/mol. The van der Waals surface area contributed by atoms with Gasteiger partial charge in [-0.2, -0.15) is 0 Å². The van der Waals surface area contributed by atoms with E-state index in [1.165, 1.54) is 6.07 Å². The minimum absolute atomic E-state index is 0.0452. The Morgan fingerprint density at radius 3 is 2.95 bits per heavy atom. The van der Waals surface area contributed by atoms with Crippen molar-refractivity contribution in [2.24, 2.45) is 0 Å². The molecule has 1 aromatic carbocycles. The first-order valence-corrected chi connectivity index (χ1v) is 8.52. The minimum Gasteiger partial charge on any atom is -0.361 e. The lowest BCUT2D eigenvalue weighted by Gasteiger charge is -2.11. The van der Waals surface area contributed by atoms with Crippen molar-refractivity contribution in [3.63, 3.8) is 0 Å². The lowest BCUT2D eigenvalue weighted by atomic mass is 10.1. The Hall–Kier alpha value is -1.49. The number of benzene rings is 1. The summed E-state index contributed by atoms with van der Waals surface area (Å²) >= 11 is 0. The van der Waals surface area contributed by atoms with Crippen molar-refractivity contribution in [3.8, 4) is 0 Å². The molecule has 1 heterocycles. The molecule has 0 saturated heterocycles. The quantitative estimate of drug-likeness (QED) is 0.869. The highest BCUT2D eigenvalue weighted by molar-refractivity contribution is 7.85. The monoisotopic (exact) mass is 307 g/mol. The van der Waals surface area contributed by atoms with Gasteiger partial charge in [-0.15, -0.1) is 0 Å². The maximum absolute atomic E-state index is 13.7. The molecule has 2 atom stereocenters. The third-order valence-corrected chi connectivity index (χ3v) is 5.94. The van der Waals surface area contributed by atoms with Crippen LogP contribution < -0.4 is 0 Å². The summed E-state index contributed by atoms with van der Waals surface area (Å²) in [5.41, 5.74) is 3.57. The third-order valence-electron chi connectivity index (χ3n) is 4.21. The number of rotatable bonds is 4. The Morgan fingerprint density at radius 1 is 1.43 bits per heavy atom. The topological polar surface area (TPSA) is 43.1 Å². The molecule has 0 aliphatic heterocycles. The van der Waals surface area contributed by atoms with Crippen molar-refractivity contribution in [1.82, 2.24) is 5.16 Å². The highest BCUT2D eigenvalue weighted by Crippen LogP contribution is 2.37. The minimum atomic E-state index is -1.00. The summed E-state index contributed by atoms with van der Waals surface area (Å²) in [4.78, 5) is 0. The maximum atomic E-state index is 13.7. The van der Waals surface area contributed by atoms with Crippen molar-refractivity contribution in [3.05, 3.63) is 52.2 Å². The van der Waals surface area contributed by atoms with E-state index in [9.17, 15) is 8.60 Å². The zero-order valence-corrected chi connectivity index (χ0v) is 13.0. The zero-order valence-electron chi connectivity index (χ0n) is 12.2. The Labute approximate surface area is 126 Å². The van der Waals surface area contributed by atoms with E-state index in [1.54, 1.807) is 6.07 Å². The molecule has 0 unspecified atom stereocenters. The smallest absolute Gasteiger partial charge is 0.137 e. The Morgan fingerprint density at radius 2 is 2.24 bits per heavy atom. The van der Waals surface area contributed by atoms with Gasteiger partial charge in [0.2, 0.25) is 0 Å². The summed E-state index contributed by atoms with van der Waals surface area (Å²) in [6.45, 7) is 3.77. The molecule has 0 saturated carbocycles. The molecule has 0 spiro atoms. The molecule has 2 aromatic rings. The number of fused-ring (bicyclic) bond motifs is 1. The van der Waals surface area contributed by atoms with Gasteiger partial charge in [-0.3, -0.25) is 4.21 Å². The van der Waals surface area contributed by atoms with Crippen LogP contribution >= 0.6 is 0 Å². The molecule has 3 nitrogen and oxygen atoms in total. The second-order valence-electron chi connectivity index (χ2n) is 5.47. The highest BCUT2D eigenvalue weighted by atomic mass is 32.2. The van der Waals surface area contributed by atoms with Gasteiger partial charge < -0.3 is 4.52 Å². The van der Waals surface area contributed by atoms with E-state index in [0.29, 0.717) is 18.6 Å². The Balaban J connectivity index is 1.72. The molecule has 21 heavy (non-hydrogen) atoms. The number of aromatic nitrogens is 1. The maximum Gasteiger partial charge on any atom is 0.137 e. The van der Waals surface area contributed by atoms with Gasteiger partial charge in [0.1, 0.15) is 11.6 Å². The van der Waals surface area contributed by atoms with Crippen molar-refractivity contribution < 1.29 is 13.1 Å². The Bertz CT molecular complexity index is 676. The van der Waals surface area contributed by atoms with E-state index in [2.05, 4.69) is 5.16 Å². The molecular formula is C16H18FNO2S. The van der Waals surface area contributed by atoms with Crippen molar-refractivity contribution >= 4 is 10.8 Å².